The summed E-state index contributed by atoms with van der Waals surface area (Å²) in [5.41, 5.74) is 4.12. The van der Waals surface area contributed by atoms with Crippen LogP contribution in [0, 0.1) is 18.2 Å². The van der Waals surface area contributed by atoms with Gasteiger partial charge in [0.25, 0.3) is 0 Å². The predicted molar refractivity (Wildman–Crippen MR) is 164 cm³/mol. The van der Waals surface area contributed by atoms with Gasteiger partial charge in [-0.1, -0.05) is 37.4 Å². The van der Waals surface area contributed by atoms with Gasteiger partial charge in [-0.2, -0.15) is 0 Å². The zero-order chi connectivity index (χ0) is 27.3. The van der Waals surface area contributed by atoms with Crippen LogP contribution in [0.4, 0.5) is 9.18 Å². The first-order valence-corrected chi connectivity index (χ1v) is 13.0. The van der Waals surface area contributed by atoms with Crippen LogP contribution >= 0.6 is 35.6 Å². The molecule has 38 heavy (non-hydrogen) atoms. The number of nitrogens with one attached hydrogen (secondary N) is 2. The number of allylic oxidation sites excluding steroid dienone is 2. The molecule has 0 aliphatic rings. The van der Waals surface area contributed by atoms with E-state index in [0.717, 1.165) is 47.8 Å². The minimum Gasteiger partial charge on any atom is -0.444 e. The second-order valence-corrected chi connectivity index (χ2v) is 10.5. The van der Waals surface area contributed by atoms with Gasteiger partial charge < -0.3 is 9.30 Å². The quantitative estimate of drug-likeness (QED) is 0.110. The number of amides is 1. The van der Waals surface area contributed by atoms with Crippen LogP contribution < -0.4 is 5.32 Å². The predicted octanol–water partition coefficient (Wildman–Crippen LogP) is 8.64. The lowest BCUT2D eigenvalue weighted by molar-refractivity contribution is 0.0563. The molecule has 0 aliphatic heterocycles. The Hall–Kier alpha value is -2.46. The van der Waals surface area contributed by atoms with Crippen LogP contribution in [0.2, 0.25) is 5.02 Å². The molecule has 9 heteroatoms. The van der Waals surface area contributed by atoms with E-state index < -0.39 is 17.5 Å². The van der Waals surface area contributed by atoms with Crippen LogP contribution in [0.3, 0.4) is 0 Å². The number of aromatic nitrogens is 2. The van der Waals surface area contributed by atoms with Crippen molar-refractivity contribution >= 4 is 64.0 Å². The summed E-state index contributed by atoms with van der Waals surface area (Å²) in [6.07, 6.45) is 9.36. The molecule has 1 aromatic carbocycles. The van der Waals surface area contributed by atoms with Crippen LogP contribution in [0.5, 0.6) is 0 Å². The smallest absolute Gasteiger partial charge is 0.413 e. The summed E-state index contributed by atoms with van der Waals surface area (Å²) in [5.74, 6) is -0.841. The summed E-state index contributed by atoms with van der Waals surface area (Å²) in [6.45, 7) is 11.7. The number of ether oxygens (including phenoxy) is 1. The number of pyridine rings is 1. The highest BCUT2D eigenvalue weighted by atomic mass is 127. The van der Waals surface area contributed by atoms with Crippen molar-refractivity contribution < 1.29 is 13.9 Å². The zero-order valence-corrected chi connectivity index (χ0v) is 26.0. The van der Waals surface area contributed by atoms with Crippen LogP contribution in [0.25, 0.3) is 16.5 Å². The third kappa shape index (κ3) is 7.56. The third-order valence-electron chi connectivity index (χ3n) is 6.22. The van der Waals surface area contributed by atoms with E-state index in [-0.39, 0.29) is 46.9 Å². The van der Waals surface area contributed by atoms with E-state index in [9.17, 15) is 4.79 Å². The number of benzene rings is 1. The molecule has 2 heterocycles. The molecule has 3 rings (SSSR count). The molecule has 206 valence electrons. The first-order valence-electron chi connectivity index (χ1n) is 12.6. The maximum atomic E-state index is 15.4. The zero-order valence-electron chi connectivity index (χ0n) is 22.9. The first-order chi connectivity index (χ1) is 17.5. The number of carbonyl (C=O) groups is 1. The van der Waals surface area contributed by atoms with Gasteiger partial charge in [-0.05, 0) is 71.2 Å². The molecule has 2 aromatic heterocycles. The molecular weight excluding hydrogens is 618 g/mol. The lowest BCUT2D eigenvalue weighted by Crippen LogP contribution is -2.36. The maximum Gasteiger partial charge on any atom is 0.413 e. The number of nitrogens with zero attached hydrogens (tertiary/aromatic N) is 2. The first kappa shape index (κ1) is 31.8. The highest BCUT2D eigenvalue weighted by molar-refractivity contribution is 14.0. The Balaban J connectivity index is 0.00000507. The molecule has 6 nitrogen and oxygen atoms in total. The van der Waals surface area contributed by atoms with E-state index in [0.29, 0.717) is 5.56 Å². The van der Waals surface area contributed by atoms with Gasteiger partial charge in [0.1, 0.15) is 17.3 Å². The molecule has 0 aliphatic carbocycles. The van der Waals surface area contributed by atoms with Crippen LogP contribution in [-0.2, 0) is 11.3 Å². The summed E-state index contributed by atoms with van der Waals surface area (Å²) in [4.78, 5) is 16.4. The van der Waals surface area contributed by atoms with E-state index in [4.69, 9.17) is 21.7 Å². The molecule has 1 amide bonds. The van der Waals surface area contributed by atoms with Crippen molar-refractivity contribution in [3.63, 3.8) is 0 Å². The highest BCUT2D eigenvalue weighted by Gasteiger charge is 2.21. The summed E-state index contributed by atoms with van der Waals surface area (Å²) in [5, 5.41) is 11.7. The van der Waals surface area contributed by atoms with Gasteiger partial charge in [0.2, 0.25) is 0 Å². The molecule has 0 saturated heterocycles. The summed E-state index contributed by atoms with van der Waals surface area (Å²) >= 11 is 6.54. The Morgan fingerprint density at radius 1 is 1.29 bits per heavy atom. The minimum absolute atomic E-state index is 0. The van der Waals surface area contributed by atoms with Crippen LogP contribution in [-0.4, -0.2) is 27.1 Å². The molecule has 0 atom stereocenters. The maximum absolute atomic E-state index is 15.4. The van der Waals surface area contributed by atoms with Crippen molar-refractivity contribution in [2.75, 3.05) is 0 Å². The molecule has 0 spiro atoms. The fourth-order valence-corrected chi connectivity index (χ4v) is 4.72. The van der Waals surface area contributed by atoms with E-state index in [1.807, 2.05) is 19.2 Å². The monoisotopic (exact) mass is 654 g/mol. The largest absolute Gasteiger partial charge is 0.444 e. The Morgan fingerprint density at radius 2 is 2.00 bits per heavy atom. The summed E-state index contributed by atoms with van der Waals surface area (Å²) < 4.78 is 22.6. The second kappa shape index (κ2) is 13.6. The Labute approximate surface area is 246 Å². The van der Waals surface area contributed by atoms with Gasteiger partial charge in [0.15, 0.2) is 0 Å². The molecule has 0 fully saturated rings. The number of amidine groups is 1. The summed E-state index contributed by atoms with van der Waals surface area (Å²) in [6, 6.07) is 4.64. The average Bonchev–Trinajstić information content (AvgIpc) is 3.09. The van der Waals surface area contributed by atoms with Gasteiger partial charge >= 0.3 is 6.09 Å². The van der Waals surface area contributed by atoms with Crippen LogP contribution in [0.1, 0.15) is 82.7 Å². The standard InChI is InChI=1S/C29H36ClFN4O2.HI/c1-7-9-10-11-19(8-2)26-18(3)35(25-12-13-33-16-21(25)26)17-22-23(30)14-20(15-24(22)31)27(32)34-28(36)37-29(4,5)6;/h8,12-16H,7,9-11,17H2,1-6H3,(H2,32,34,36);1H. The topological polar surface area (TPSA) is 80.0 Å². The normalized spacial score (nSPS) is 11.8. The number of hydrogen-bond donors (Lipinski definition) is 2. The number of halogens is 3. The number of hydrogen-bond acceptors (Lipinski definition) is 4. The average molecular weight is 655 g/mol. The lowest BCUT2D eigenvalue weighted by Gasteiger charge is -2.20. The fraction of sp³-hybridized carbons (Fsp3) is 0.414. The van der Waals surface area contributed by atoms with Crippen LogP contribution in [0.15, 0.2) is 36.7 Å². The number of carbonyl (C=O) groups excluding carboxylic acids is 1. The Morgan fingerprint density at radius 3 is 2.61 bits per heavy atom. The van der Waals surface area contributed by atoms with Gasteiger partial charge in [0, 0.05) is 45.2 Å². The number of fused-ring (bicyclic) bond motifs is 1. The molecule has 0 radical (unpaired) electrons. The van der Waals surface area contributed by atoms with Gasteiger partial charge in [-0.3, -0.25) is 15.7 Å². The molecular formula is C29H37ClFIN4O2. The highest BCUT2D eigenvalue weighted by Crippen LogP contribution is 2.35. The molecule has 0 bridgehead atoms. The van der Waals surface area contributed by atoms with Crippen molar-refractivity contribution in [3.05, 3.63) is 69.9 Å². The third-order valence-corrected chi connectivity index (χ3v) is 6.55. The van der Waals surface area contributed by atoms with Crippen molar-refractivity contribution in [2.45, 2.75) is 79.4 Å². The molecule has 0 unspecified atom stereocenters. The van der Waals surface area contributed by atoms with E-state index in [1.165, 1.54) is 17.7 Å². The Kier molecular flexibility index (Phi) is 11.3. The van der Waals surface area contributed by atoms with E-state index in [2.05, 4.69) is 34.8 Å². The van der Waals surface area contributed by atoms with Crippen molar-refractivity contribution in [1.29, 1.82) is 5.41 Å². The van der Waals surface area contributed by atoms with Gasteiger partial charge in [-0.15, -0.1) is 24.0 Å². The molecule has 3 aromatic rings. The fourth-order valence-electron chi connectivity index (χ4n) is 4.45. The van der Waals surface area contributed by atoms with Crippen molar-refractivity contribution in [2.24, 2.45) is 0 Å². The summed E-state index contributed by atoms with van der Waals surface area (Å²) in [7, 11) is 0. The second-order valence-electron chi connectivity index (χ2n) is 10.1. The number of rotatable bonds is 8. The van der Waals surface area contributed by atoms with Crippen molar-refractivity contribution in [3.8, 4) is 0 Å². The SMILES string of the molecule is CC=C(CCCCC)c1c(C)n(Cc2c(F)cc(C(=N)NC(=O)OC(C)(C)C)cc2Cl)c2ccncc12.I. The van der Waals surface area contributed by atoms with E-state index in [1.54, 1.807) is 27.0 Å². The molecule has 2 N–H and O–H groups in total. The minimum atomic E-state index is -0.785. The number of unbranched alkanes of at least 4 members (excludes halogenated alkanes) is 2. The van der Waals surface area contributed by atoms with Gasteiger partial charge in [-0.25, -0.2) is 9.18 Å². The lowest BCUT2D eigenvalue weighted by atomic mass is 9.97. The van der Waals surface area contributed by atoms with E-state index >= 15 is 4.39 Å². The van der Waals surface area contributed by atoms with Crippen molar-refractivity contribution in [1.82, 2.24) is 14.9 Å². The molecule has 0 saturated carbocycles. The Bertz CT molecular complexity index is 1320. The van der Waals surface area contributed by atoms with Gasteiger partial charge in [0.05, 0.1) is 12.1 Å². The number of alkyl carbamates (subject to hydrolysis) is 1.